The first-order valence-corrected chi connectivity index (χ1v) is 9.46. The van der Waals surface area contributed by atoms with Gasteiger partial charge in [-0.15, -0.1) is 0 Å². The van der Waals surface area contributed by atoms with E-state index >= 15 is 0 Å². The summed E-state index contributed by atoms with van der Waals surface area (Å²) in [6.07, 6.45) is -2.54. The zero-order valence-corrected chi connectivity index (χ0v) is 17.3. The van der Waals surface area contributed by atoms with Crippen LogP contribution in [-0.2, 0) is 33.8 Å². The normalized spacial score (nSPS) is 13.8. The van der Waals surface area contributed by atoms with Crippen molar-refractivity contribution in [1.82, 2.24) is 0 Å². The van der Waals surface area contributed by atoms with Gasteiger partial charge in [0.25, 0.3) is 0 Å². The number of carbonyl (C=O) groups is 3. The molecule has 1 heterocycles. The zero-order chi connectivity index (χ0) is 22.8. The Hall–Kier alpha value is -2.84. The number of hydrogen-bond donors (Lipinski definition) is 1. The lowest BCUT2D eigenvalue weighted by Crippen LogP contribution is -2.40. The molecule has 164 valence electrons. The Morgan fingerprint density at radius 2 is 1.87 bits per heavy atom. The van der Waals surface area contributed by atoms with Gasteiger partial charge >= 0.3 is 24.0 Å². The van der Waals surface area contributed by atoms with Crippen molar-refractivity contribution in [3.63, 3.8) is 0 Å². The predicted octanol–water partition coefficient (Wildman–Crippen LogP) is 4.11. The molecule has 0 unspecified atom stereocenters. The number of alkyl halides is 3. The summed E-state index contributed by atoms with van der Waals surface area (Å²) in [5.74, 6) is -3.80. The number of hydrogen-bond acceptors (Lipinski definition) is 4. The first-order valence-electron chi connectivity index (χ1n) is 9.46. The van der Waals surface area contributed by atoms with Crippen molar-refractivity contribution in [1.29, 1.82) is 0 Å². The highest BCUT2D eigenvalue weighted by molar-refractivity contribution is 6.07. The van der Waals surface area contributed by atoms with Gasteiger partial charge in [0.15, 0.2) is 0 Å². The van der Waals surface area contributed by atoms with E-state index in [1.807, 2.05) is 6.92 Å². The highest BCUT2D eigenvalue weighted by Gasteiger charge is 2.44. The minimum atomic E-state index is -5.11. The monoisotopic (exact) mass is 427 g/mol. The lowest BCUT2D eigenvalue weighted by Gasteiger charge is -2.26. The Balaban J connectivity index is 2.67. The van der Waals surface area contributed by atoms with Crippen LogP contribution in [0.3, 0.4) is 0 Å². The second-order valence-electron chi connectivity index (χ2n) is 7.22. The van der Waals surface area contributed by atoms with Gasteiger partial charge in [-0.3, -0.25) is 9.59 Å². The molecule has 1 aromatic rings. The number of carboxylic acid groups (broad SMARTS) is 1. The van der Waals surface area contributed by atoms with Crippen molar-refractivity contribution < 1.29 is 37.4 Å². The van der Waals surface area contributed by atoms with Crippen molar-refractivity contribution >= 4 is 23.5 Å². The van der Waals surface area contributed by atoms with E-state index in [-0.39, 0.29) is 37.1 Å². The number of aliphatic carboxylic acids is 1. The summed E-state index contributed by atoms with van der Waals surface area (Å²) in [6, 6.07) is 0. The summed E-state index contributed by atoms with van der Waals surface area (Å²) in [7, 11) is 0.996. The lowest BCUT2D eigenvalue weighted by atomic mass is 9.87. The molecule has 1 aliphatic heterocycles. The fourth-order valence-corrected chi connectivity index (χ4v) is 3.69. The first kappa shape index (κ1) is 23.4. The van der Waals surface area contributed by atoms with Crippen molar-refractivity contribution in [2.24, 2.45) is 0 Å². The molecular formula is C21H24F3NO5. The van der Waals surface area contributed by atoms with Gasteiger partial charge in [0, 0.05) is 19.0 Å². The number of ether oxygens (including phenoxy) is 1. The molecule has 6 nitrogen and oxygen atoms in total. The van der Waals surface area contributed by atoms with Gasteiger partial charge in [-0.25, -0.2) is 4.79 Å². The van der Waals surface area contributed by atoms with Crippen LogP contribution in [0.1, 0.15) is 59.3 Å². The number of rotatable bonds is 7. The number of halogens is 3. The highest BCUT2D eigenvalue weighted by Crippen LogP contribution is 2.40. The van der Waals surface area contributed by atoms with Crippen molar-refractivity contribution in [2.45, 2.75) is 59.2 Å². The van der Waals surface area contributed by atoms with E-state index in [1.54, 1.807) is 19.9 Å². The average molecular weight is 427 g/mol. The molecule has 1 aliphatic rings. The van der Waals surface area contributed by atoms with Crippen molar-refractivity contribution in [3.05, 3.63) is 39.5 Å². The number of esters is 1. The summed E-state index contributed by atoms with van der Waals surface area (Å²) in [6.45, 7) is 5.29. The molecule has 1 N–H and O–H groups in total. The number of cyclic esters (lactones) is 1. The number of benzene rings is 1. The minimum Gasteiger partial charge on any atom is -0.481 e. The average Bonchev–Trinajstić information content (AvgIpc) is 3.04. The van der Waals surface area contributed by atoms with E-state index in [1.165, 1.54) is 0 Å². The number of nitrogens with zero attached hydrogens (tertiary/aromatic N) is 1. The van der Waals surface area contributed by atoms with E-state index in [4.69, 9.17) is 9.84 Å². The lowest BCUT2D eigenvalue weighted by molar-refractivity contribution is -0.170. The topological polar surface area (TPSA) is 83.9 Å². The highest BCUT2D eigenvalue weighted by atomic mass is 19.4. The maximum Gasteiger partial charge on any atom is 0.471 e. The summed E-state index contributed by atoms with van der Waals surface area (Å²) in [4.78, 5) is 35.6. The maximum atomic E-state index is 13.1. The molecule has 0 aliphatic carbocycles. The van der Waals surface area contributed by atoms with Crippen molar-refractivity contribution in [3.8, 4) is 0 Å². The van der Waals surface area contributed by atoms with E-state index in [0.717, 1.165) is 23.7 Å². The van der Waals surface area contributed by atoms with E-state index < -0.39 is 24.0 Å². The van der Waals surface area contributed by atoms with Crippen LogP contribution in [0.5, 0.6) is 0 Å². The van der Waals surface area contributed by atoms with Gasteiger partial charge in [0.2, 0.25) is 0 Å². The summed E-state index contributed by atoms with van der Waals surface area (Å²) in [5, 5.41) is 8.83. The molecule has 2 rings (SSSR count). The number of fused-ring (bicyclic) bond motifs is 1. The third kappa shape index (κ3) is 4.66. The standard InChI is InChI=1S/C21H24F3NO5/c1-5-13-12(3)15-10-30-19(28)17(15)18(25(4)20(29)21(22,23)24)14(13)8-6-11(2)7-9-16(26)27/h6H,5,7-10H2,1-4H3,(H,26,27). The Kier molecular flexibility index (Phi) is 6.95. The molecule has 30 heavy (non-hydrogen) atoms. The van der Waals surface area contributed by atoms with Crippen molar-refractivity contribution in [2.75, 3.05) is 11.9 Å². The fourth-order valence-electron chi connectivity index (χ4n) is 3.69. The smallest absolute Gasteiger partial charge is 0.471 e. The van der Waals surface area contributed by atoms with Crippen LogP contribution in [0, 0.1) is 6.92 Å². The number of carboxylic acids is 1. The Morgan fingerprint density at radius 3 is 2.40 bits per heavy atom. The van der Waals surface area contributed by atoms with E-state index in [2.05, 4.69) is 0 Å². The maximum absolute atomic E-state index is 13.1. The van der Waals surface area contributed by atoms with Gasteiger partial charge in [-0.1, -0.05) is 18.6 Å². The quantitative estimate of drug-likeness (QED) is 0.523. The largest absolute Gasteiger partial charge is 0.481 e. The van der Waals surface area contributed by atoms with Gasteiger partial charge in [0.05, 0.1) is 11.3 Å². The molecule has 0 radical (unpaired) electrons. The first-order chi connectivity index (χ1) is 13.9. The number of carbonyl (C=O) groups excluding carboxylic acids is 2. The van der Waals surface area contributed by atoms with Gasteiger partial charge in [-0.2, -0.15) is 13.2 Å². The minimum absolute atomic E-state index is 0.0172. The van der Waals surface area contributed by atoms with Crippen LogP contribution in [-0.4, -0.2) is 36.2 Å². The summed E-state index contributed by atoms with van der Waals surface area (Å²) in [5.41, 5.74) is 3.05. The van der Waals surface area contributed by atoms with E-state index in [0.29, 0.717) is 22.4 Å². The van der Waals surface area contributed by atoms with Crippen LogP contribution in [0.15, 0.2) is 11.6 Å². The number of allylic oxidation sites excluding steroid dienone is 2. The second-order valence-corrected chi connectivity index (χ2v) is 7.22. The molecular weight excluding hydrogens is 403 g/mol. The van der Waals surface area contributed by atoms with Crippen LogP contribution in [0.4, 0.5) is 18.9 Å². The fraction of sp³-hybridized carbons (Fsp3) is 0.476. The van der Waals surface area contributed by atoms with Crippen LogP contribution in [0.25, 0.3) is 0 Å². The molecule has 0 spiro atoms. The number of anilines is 1. The van der Waals surface area contributed by atoms with Gasteiger partial charge in [0.1, 0.15) is 6.61 Å². The van der Waals surface area contributed by atoms with Crippen LogP contribution < -0.4 is 4.90 Å². The molecule has 0 aromatic heterocycles. The molecule has 0 saturated carbocycles. The van der Waals surface area contributed by atoms with Gasteiger partial charge in [-0.05, 0) is 49.8 Å². The third-order valence-electron chi connectivity index (χ3n) is 5.27. The SMILES string of the molecule is CCc1c(C)c2c(c(N(C)C(=O)C(F)(F)F)c1CC=C(C)CCC(=O)O)C(=O)OC2. The van der Waals surface area contributed by atoms with E-state index in [9.17, 15) is 27.6 Å². The molecule has 1 amide bonds. The molecule has 0 fully saturated rings. The molecule has 1 aromatic carbocycles. The second kappa shape index (κ2) is 8.89. The van der Waals surface area contributed by atoms with Crippen LogP contribution >= 0.6 is 0 Å². The Bertz CT molecular complexity index is 918. The van der Waals surface area contributed by atoms with Crippen LogP contribution in [0.2, 0.25) is 0 Å². The van der Waals surface area contributed by atoms with Gasteiger partial charge < -0.3 is 14.7 Å². The third-order valence-corrected chi connectivity index (χ3v) is 5.27. The molecule has 0 bridgehead atoms. The Labute approximate surface area is 172 Å². The summed E-state index contributed by atoms with van der Waals surface area (Å²) < 4.78 is 44.5. The zero-order valence-electron chi connectivity index (χ0n) is 17.3. The molecule has 0 saturated heterocycles. The Morgan fingerprint density at radius 1 is 1.23 bits per heavy atom. The number of amides is 1. The summed E-state index contributed by atoms with van der Waals surface area (Å²) >= 11 is 0. The molecule has 0 atom stereocenters. The molecule has 9 heteroatoms. The predicted molar refractivity (Wildman–Crippen MR) is 103 cm³/mol.